The number of carbonyl (C=O) groups excluding carboxylic acids is 4. The lowest BCUT2D eigenvalue weighted by Crippen LogP contribution is -2.55. The van der Waals surface area contributed by atoms with E-state index in [2.05, 4.69) is 10.6 Å². The third-order valence-electron chi connectivity index (χ3n) is 8.83. The first-order valence-corrected chi connectivity index (χ1v) is 18.3. The molecule has 3 aromatic carbocycles. The minimum atomic E-state index is -1.27. The molecular weight excluding hydrogens is 676 g/mol. The van der Waals surface area contributed by atoms with Crippen molar-refractivity contribution in [3.63, 3.8) is 0 Å². The Hall–Kier alpha value is -5.10. The van der Waals surface area contributed by atoms with E-state index in [1.807, 2.05) is 72.8 Å². The minimum absolute atomic E-state index is 0.00312. The molecule has 1 heterocycles. The van der Waals surface area contributed by atoms with Crippen molar-refractivity contribution in [2.24, 2.45) is 0 Å². The van der Waals surface area contributed by atoms with Crippen LogP contribution in [0.1, 0.15) is 69.6 Å². The zero-order chi connectivity index (χ0) is 38.2. The van der Waals surface area contributed by atoms with Crippen molar-refractivity contribution in [2.75, 3.05) is 26.7 Å². The van der Waals surface area contributed by atoms with Crippen LogP contribution in [0.5, 0.6) is 5.75 Å². The Bertz CT molecular complexity index is 1610. The highest BCUT2D eigenvalue weighted by atomic mass is 16.6. The van der Waals surface area contributed by atoms with Gasteiger partial charge in [0.25, 0.3) is 0 Å². The molecule has 4 amide bonds. The Morgan fingerprint density at radius 3 is 2.13 bits per heavy atom. The van der Waals surface area contributed by atoms with Crippen LogP contribution in [0.3, 0.4) is 0 Å². The number of ether oxygens (including phenoxy) is 3. The number of alkyl carbamates (subject to hydrolysis) is 1. The van der Waals surface area contributed by atoms with E-state index in [1.54, 1.807) is 44.9 Å². The molecule has 12 heteroatoms. The number of nitrogens with zero attached hydrogens (tertiary/aromatic N) is 2. The summed E-state index contributed by atoms with van der Waals surface area (Å²) in [6.07, 6.45) is 0.486. The Kier molecular flexibility index (Phi) is 15.5. The molecule has 0 radical (unpaired) electrons. The van der Waals surface area contributed by atoms with Crippen LogP contribution in [0.25, 0.3) is 0 Å². The molecule has 53 heavy (non-hydrogen) atoms. The molecule has 0 spiro atoms. The van der Waals surface area contributed by atoms with Crippen molar-refractivity contribution in [2.45, 2.75) is 96.2 Å². The highest BCUT2D eigenvalue weighted by Gasteiger charge is 2.32. The number of amides is 4. The first kappa shape index (κ1) is 40.7. The highest BCUT2D eigenvalue weighted by molar-refractivity contribution is 5.87. The molecule has 0 aliphatic carbocycles. The van der Waals surface area contributed by atoms with Gasteiger partial charge in [-0.3, -0.25) is 9.59 Å². The summed E-state index contributed by atoms with van der Waals surface area (Å²) in [5.41, 5.74) is 1.56. The van der Waals surface area contributed by atoms with E-state index < -0.39 is 41.9 Å². The summed E-state index contributed by atoms with van der Waals surface area (Å²) in [6.45, 7) is 6.53. The van der Waals surface area contributed by atoms with Crippen LogP contribution in [0, 0.1) is 0 Å². The molecule has 1 fully saturated rings. The van der Waals surface area contributed by atoms with Gasteiger partial charge in [0.15, 0.2) is 0 Å². The fourth-order valence-electron chi connectivity index (χ4n) is 6.05. The maximum atomic E-state index is 14.1. The third-order valence-corrected chi connectivity index (χ3v) is 8.83. The molecule has 4 rings (SSSR count). The zero-order valence-electron chi connectivity index (χ0n) is 31.3. The van der Waals surface area contributed by atoms with Gasteiger partial charge < -0.3 is 39.8 Å². The van der Waals surface area contributed by atoms with Gasteiger partial charge in [0.2, 0.25) is 11.8 Å². The molecule has 0 aromatic heterocycles. The number of carbonyl (C=O) groups is 4. The van der Waals surface area contributed by atoms with Gasteiger partial charge in [-0.15, -0.1) is 0 Å². The molecule has 1 aliphatic rings. The molecule has 0 bridgehead atoms. The number of likely N-dealkylation sites (tertiary alicyclic amines) is 1. The highest BCUT2D eigenvalue weighted by Crippen LogP contribution is 2.19. The van der Waals surface area contributed by atoms with Crippen LogP contribution in [0.15, 0.2) is 84.9 Å². The average Bonchev–Trinajstić information content (AvgIpc) is 3.15. The molecular formula is C41H54N4O8. The van der Waals surface area contributed by atoms with Crippen LogP contribution in [-0.4, -0.2) is 89.4 Å². The fraction of sp³-hybridized carbons (Fsp3) is 0.463. The van der Waals surface area contributed by atoms with E-state index >= 15 is 0 Å². The van der Waals surface area contributed by atoms with E-state index in [1.165, 1.54) is 4.90 Å². The maximum absolute atomic E-state index is 14.1. The zero-order valence-corrected chi connectivity index (χ0v) is 31.3. The molecule has 1 aliphatic heterocycles. The van der Waals surface area contributed by atoms with E-state index in [4.69, 9.17) is 14.2 Å². The molecule has 0 unspecified atom stereocenters. The number of rotatable bonds is 16. The first-order valence-electron chi connectivity index (χ1n) is 18.3. The fourth-order valence-corrected chi connectivity index (χ4v) is 6.05. The first-order chi connectivity index (χ1) is 25.4. The van der Waals surface area contributed by atoms with Crippen LogP contribution < -0.4 is 15.4 Å². The SMILES string of the molecule is COc1cccc(CN(C[C@@H](O)[C@H](Cc2ccccc2)NC(=O)[C@@H](CCC(=O)N2CCCCC2)NC(=O)OCc2ccccc2)C(=O)OC(C)(C)C)c1. The molecule has 3 aromatic rings. The van der Waals surface area contributed by atoms with Gasteiger partial charge in [-0.25, -0.2) is 9.59 Å². The Morgan fingerprint density at radius 2 is 1.49 bits per heavy atom. The second-order valence-corrected chi connectivity index (χ2v) is 14.3. The topological polar surface area (TPSA) is 147 Å². The van der Waals surface area contributed by atoms with Gasteiger partial charge in [-0.1, -0.05) is 72.8 Å². The van der Waals surface area contributed by atoms with Gasteiger partial charge >= 0.3 is 12.2 Å². The monoisotopic (exact) mass is 730 g/mol. The summed E-state index contributed by atoms with van der Waals surface area (Å²) in [7, 11) is 1.56. The van der Waals surface area contributed by atoms with Gasteiger partial charge in [-0.05, 0) is 81.7 Å². The average molecular weight is 731 g/mol. The lowest BCUT2D eigenvalue weighted by molar-refractivity contribution is -0.132. The van der Waals surface area contributed by atoms with E-state index in [0.717, 1.165) is 36.0 Å². The van der Waals surface area contributed by atoms with Gasteiger partial charge in [0.05, 0.1) is 25.8 Å². The van der Waals surface area contributed by atoms with Crippen LogP contribution in [0.2, 0.25) is 0 Å². The second kappa shape index (κ2) is 20.2. The Balaban J connectivity index is 1.55. The maximum Gasteiger partial charge on any atom is 0.410 e. The Labute approximate surface area is 312 Å². The van der Waals surface area contributed by atoms with E-state index in [9.17, 15) is 24.3 Å². The van der Waals surface area contributed by atoms with Crippen LogP contribution >= 0.6 is 0 Å². The lowest BCUT2D eigenvalue weighted by Gasteiger charge is -2.33. The molecule has 286 valence electrons. The van der Waals surface area contributed by atoms with Gasteiger partial charge in [0, 0.05) is 26.1 Å². The van der Waals surface area contributed by atoms with Gasteiger partial charge in [0.1, 0.15) is 24.0 Å². The van der Waals surface area contributed by atoms with Crippen molar-refractivity contribution < 1.29 is 38.5 Å². The molecule has 3 atom stereocenters. The smallest absolute Gasteiger partial charge is 0.410 e. The number of methoxy groups -OCH3 is 1. The number of piperidine rings is 1. The molecule has 3 N–H and O–H groups in total. The van der Waals surface area contributed by atoms with E-state index in [-0.39, 0.29) is 44.9 Å². The predicted molar refractivity (Wildman–Crippen MR) is 201 cm³/mol. The summed E-state index contributed by atoms with van der Waals surface area (Å²) >= 11 is 0. The summed E-state index contributed by atoms with van der Waals surface area (Å²) in [4.78, 5) is 56.9. The van der Waals surface area contributed by atoms with Gasteiger partial charge in [-0.2, -0.15) is 0 Å². The summed E-state index contributed by atoms with van der Waals surface area (Å²) < 4.78 is 16.5. The van der Waals surface area contributed by atoms with Crippen LogP contribution in [0.4, 0.5) is 9.59 Å². The third kappa shape index (κ3) is 14.1. The predicted octanol–water partition coefficient (Wildman–Crippen LogP) is 5.61. The molecule has 12 nitrogen and oxygen atoms in total. The number of nitrogens with one attached hydrogen (secondary N) is 2. The largest absolute Gasteiger partial charge is 0.497 e. The van der Waals surface area contributed by atoms with Crippen molar-refractivity contribution in [3.05, 3.63) is 102 Å². The van der Waals surface area contributed by atoms with Crippen molar-refractivity contribution in [1.82, 2.24) is 20.4 Å². The van der Waals surface area contributed by atoms with Crippen molar-refractivity contribution >= 4 is 24.0 Å². The number of aliphatic hydroxyl groups excluding tert-OH is 1. The number of hydrogen-bond donors (Lipinski definition) is 3. The molecule has 1 saturated heterocycles. The number of aliphatic hydroxyl groups is 1. The van der Waals surface area contributed by atoms with E-state index in [0.29, 0.717) is 18.8 Å². The number of benzene rings is 3. The lowest BCUT2D eigenvalue weighted by atomic mass is 9.99. The Morgan fingerprint density at radius 1 is 0.849 bits per heavy atom. The summed E-state index contributed by atoms with van der Waals surface area (Å²) in [6, 6.07) is 23.7. The summed E-state index contributed by atoms with van der Waals surface area (Å²) in [5.74, 6) is -0.0703. The van der Waals surface area contributed by atoms with Crippen molar-refractivity contribution in [1.29, 1.82) is 0 Å². The second-order valence-electron chi connectivity index (χ2n) is 14.3. The quantitative estimate of drug-likeness (QED) is 0.173. The minimum Gasteiger partial charge on any atom is -0.497 e. The van der Waals surface area contributed by atoms with Crippen molar-refractivity contribution in [3.8, 4) is 5.75 Å². The standard InChI is InChI=1S/C41H54N4O8/c1-41(2,3)53-40(50)45(27-32-19-14-20-33(25-32)51-4)28-36(46)35(26-30-15-8-5-9-16-30)42-38(48)34(21-22-37(47)44-23-12-7-13-24-44)43-39(49)52-29-31-17-10-6-11-18-31/h5-6,8-11,14-20,25,34-36,46H,7,12-13,21-24,26-29H2,1-4H3,(H,42,48)(H,43,49)/t34-,35+,36-/m1/s1. The molecule has 0 saturated carbocycles. The summed E-state index contributed by atoms with van der Waals surface area (Å²) in [5, 5.41) is 17.4. The van der Waals surface area contributed by atoms with Crippen LogP contribution in [-0.2, 0) is 38.6 Å². The normalized spacial score (nSPS) is 14.6. The number of hydrogen-bond acceptors (Lipinski definition) is 8.